The number of pyridine rings is 1. The van der Waals surface area contributed by atoms with E-state index in [1.165, 1.54) is 0 Å². The third-order valence-electron chi connectivity index (χ3n) is 6.29. The summed E-state index contributed by atoms with van der Waals surface area (Å²) < 4.78 is 20.7. The van der Waals surface area contributed by atoms with Crippen molar-refractivity contribution in [2.24, 2.45) is 0 Å². The highest BCUT2D eigenvalue weighted by molar-refractivity contribution is 5.87. The molecule has 2 aliphatic heterocycles. The number of nitrogens with one attached hydrogen (secondary N) is 1. The van der Waals surface area contributed by atoms with Crippen LogP contribution in [0.15, 0.2) is 59.5 Å². The fraction of sp³-hybridized carbons (Fsp3) is 0.280. The zero-order chi connectivity index (χ0) is 23.1. The summed E-state index contributed by atoms with van der Waals surface area (Å²) in [6.07, 6.45) is 3.62. The van der Waals surface area contributed by atoms with Crippen LogP contribution in [0.4, 0.5) is 5.82 Å². The summed E-state index contributed by atoms with van der Waals surface area (Å²) in [7, 11) is 0. The van der Waals surface area contributed by atoms with E-state index in [0.717, 1.165) is 31.4 Å². The van der Waals surface area contributed by atoms with Gasteiger partial charge in [0, 0.05) is 18.8 Å². The second-order valence-electron chi connectivity index (χ2n) is 8.45. The number of imidazole rings is 1. The SMILES string of the molecule is Nc1nccc2c1n(-c1ccc(Oc3ccc4c(c3)OCCO4)cc1)c(=O)n2[C@@H]1CCCNC1. The third-order valence-corrected chi connectivity index (χ3v) is 6.29. The van der Waals surface area contributed by atoms with Crippen molar-refractivity contribution in [3.05, 3.63) is 65.2 Å². The van der Waals surface area contributed by atoms with E-state index in [-0.39, 0.29) is 11.7 Å². The quantitative estimate of drug-likeness (QED) is 0.483. The largest absolute Gasteiger partial charge is 0.486 e. The van der Waals surface area contributed by atoms with Crippen molar-refractivity contribution in [3.63, 3.8) is 0 Å². The van der Waals surface area contributed by atoms with E-state index in [4.69, 9.17) is 19.9 Å². The molecule has 0 unspecified atom stereocenters. The number of hydrogen-bond acceptors (Lipinski definition) is 7. The summed E-state index contributed by atoms with van der Waals surface area (Å²) >= 11 is 0. The molecule has 6 rings (SSSR count). The second kappa shape index (κ2) is 8.42. The van der Waals surface area contributed by atoms with Gasteiger partial charge in [0.15, 0.2) is 11.5 Å². The van der Waals surface area contributed by atoms with Crippen molar-refractivity contribution in [2.75, 3.05) is 32.0 Å². The molecule has 1 atom stereocenters. The Balaban J connectivity index is 1.35. The molecule has 174 valence electrons. The first-order valence-corrected chi connectivity index (χ1v) is 11.4. The summed E-state index contributed by atoms with van der Waals surface area (Å²) in [4.78, 5) is 17.9. The molecule has 1 fully saturated rings. The number of piperidine rings is 1. The van der Waals surface area contributed by atoms with Crippen LogP contribution in [-0.4, -0.2) is 40.4 Å². The highest BCUT2D eigenvalue weighted by Gasteiger charge is 2.24. The van der Waals surface area contributed by atoms with Gasteiger partial charge in [-0.1, -0.05) is 0 Å². The van der Waals surface area contributed by atoms with Crippen molar-refractivity contribution in [1.29, 1.82) is 0 Å². The maximum absolute atomic E-state index is 13.6. The molecule has 9 nitrogen and oxygen atoms in total. The van der Waals surface area contributed by atoms with Gasteiger partial charge in [-0.25, -0.2) is 9.78 Å². The number of fused-ring (bicyclic) bond motifs is 2. The maximum Gasteiger partial charge on any atom is 0.334 e. The van der Waals surface area contributed by atoms with Crippen LogP contribution in [0.25, 0.3) is 16.7 Å². The van der Waals surface area contributed by atoms with E-state index >= 15 is 0 Å². The minimum atomic E-state index is -0.121. The van der Waals surface area contributed by atoms with E-state index in [0.29, 0.717) is 53.2 Å². The van der Waals surface area contributed by atoms with Gasteiger partial charge < -0.3 is 25.3 Å². The van der Waals surface area contributed by atoms with Gasteiger partial charge in [0.05, 0.1) is 17.2 Å². The predicted octanol–water partition coefficient (Wildman–Crippen LogP) is 3.26. The average Bonchev–Trinajstić information content (AvgIpc) is 3.18. The second-order valence-corrected chi connectivity index (χ2v) is 8.45. The lowest BCUT2D eigenvalue weighted by Gasteiger charge is -2.23. The normalized spacial score (nSPS) is 17.6. The fourth-order valence-electron chi connectivity index (χ4n) is 4.72. The van der Waals surface area contributed by atoms with Crippen LogP contribution in [0.5, 0.6) is 23.0 Å². The monoisotopic (exact) mass is 459 g/mol. The van der Waals surface area contributed by atoms with Crippen LogP contribution < -0.4 is 31.0 Å². The molecule has 1 saturated heterocycles. The number of aromatic nitrogens is 3. The molecule has 0 radical (unpaired) electrons. The van der Waals surface area contributed by atoms with Crippen molar-refractivity contribution < 1.29 is 14.2 Å². The third kappa shape index (κ3) is 3.54. The smallest absolute Gasteiger partial charge is 0.334 e. The Morgan fingerprint density at radius 1 is 1.03 bits per heavy atom. The molecule has 0 spiro atoms. The highest BCUT2D eigenvalue weighted by Crippen LogP contribution is 2.35. The molecular formula is C25H25N5O4. The fourth-order valence-corrected chi connectivity index (χ4v) is 4.72. The minimum Gasteiger partial charge on any atom is -0.486 e. The van der Waals surface area contributed by atoms with Crippen LogP contribution in [0.3, 0.4) is 0 Å². The average molecular weight is 460 g/mol. The molecule has 2 aromatic heterocycles. The maximum atomic E-state index is 13.6. The lowest BCUT2D eigenvalue weighted by atomic mass is 10.1. The van der Waals surface area contributed by atoms with Crippen molar-refractivity contribution in [3.8, 4) is 28.7 Å². The zero-order valence-electron chi connectivity index (χ0n) is 18.6. The summed E-state index contributed by atoms with van der Waals surface area (Å²) in [5.74, 6) is 2.99. The molecule has 4 aromatic rings. The number of hydrogen-bond donors (Lipinski definition) is 2. The Hall–Kier alpha value is -3.98. The van der Waals surface area contributed by atoms with Crippen molar-refractivity contribution in [1.82, 2.24) is 19.4 Å². The number of nitrogens with two attached hydrogens (primary N) is 1. The number of nitrogen functional groups attached to an aromatic ring is 1. The minimum absolute atomic E-state index is 0.0737. The van der Waals surface area contributed by atoms with Crippen molar-refractivity contribution >= 4 is 16.9 Å². The molecule has 9 heteroatoms. The lowest BCUT2D eigenvalue weighted by molar-refractivity contribution is 0.171. The van der Waals surface area contributed by atoms with Crippen LogP contribution in [0, 0.1) is 0 Å². The zero-order valence-corrected chi connectivity index (χ0v) is 18.6. The number of benzene rings is 2. The number of rotatable bonds is 4. The van der Waals surface area contributed by atoms with Gasteiger partial charge in [0.25, 0.3) is 0 Å². The van der Waals surface area contributed by atoms with Crippen LogP contribution in [-0.2, 0) is 0 Å². The van der Waals surface area contributed by atoms with Crippen LogP contribution in [0.1, 0.15) is 18.9 Å². The van der Waals surface area contributed by atoms with Crippen LogP contribution in [0.2, 0.25) is 0 Å². The molecule has 0 aliphatic carbocycles. The topological polar surface area (TPSA) is 106 Å². The van der Waals surface area contributed by atoms with E-state index in [1.807, 2.05) is 53.1 Å². The first-order valence-electron chi connectivity index (χ1n) is 11.4. The first-order chi connectivity index (χ1) is 16.7. The van der Waals surface area contributed by atoms with Gasteiger partial charge >= 0.3 is 5.69 Å². The Morgan fingerprint density at radius 3 is 2.62 bits per heavy atom. The molecular weight excluding hydrogens is 434 g/mol. The van der Waals surface area contributed by atoms with E-state index in [1.54, 1.807) is 10.8 Å². The Bertz CT molecular complexity index is 1400. The standard InChI is InChI=1S/C25H25N5O4/c26-24-23-20(9-11-28-24)29(17-2-1-10-27-15-17)25(31)30(23)16-3-5-18(6-4-16)34-19-7-8-21-22(14-19)33-13-12-32-21/h3-9,11,14,17,27H,1-2,10,12-13,15H2,(H2,26,28)/t17-/m1/s1. The lowest BCUT2D eigenvalue weighted by Crippen LogP contribution is -2.36. The predicted molar refractivity (Wildman–Crippen MR) is 128 cm³/mol. The summed E-state index contributed by atoms with van der Waals surface area (Å²) in [6.45, 7) is 2.78. The summed E-state index contributed by atoms with van der Waals surface area (Å²) in [6, 6.07) is 14.8. The Morgan fingerprint density at radius 2 is 1.82 bits per heavy atom. The Labute approximate surface area is 195 Å². The number of nitrogens with zero attached hydrogens (tertiary/aromatic N) is 3. The van der Waals surface area contributed by atoms with Crippen molar-refractivity contribution in [2.45, 2.75) is 18.9 Å². The number of ether oxygens (including phenoxy) is 3. The number of anilines is 1. The van der Waals surface area contributed by atoms with Gasteiger partial charge in [0.1, 0.15) is 36.0 Å². The summed E-state index contributed by atoms with van der Waals surface area (Å²) in [5.41, 5.74) is 8.24. The van der Waals surface area contributed by atoms with E-state index in [9.17, 15) is 4.79 Å². The van der Waals surface area contributed by atoms with Gasteiger partial charge in [-0.3, -0.25) is 9.13 Å². The van der Waals surface area contributed by atoms with Gasteiger partial charge in [-0.15, -0.1) is 0 Å². The molecule has 3 N–H and O–H groups in total. The molecule has 2 aromatic carbocycles. The van der Waals surface area contributed by atoms with E-state index < -0.39 is 0 Å². The summed E-state index contributed by atoms with van der Waals surface area (Å²) in [5, 5.41) is 3.39. The van der Waals surface area contributed by atoms with Gasteiger partial charge in [0.2, 0.25) is 0 Å². The Kier molecular flexibility index (Phi) is 5.10. The molecule has 0 amide bonds. The van der Waals surface area contributed by atoms with E-state index in [2.05, 4.69) is 10.3 Å². The first kappa shape index (κ1) is 20.6. The highest BCUT2D eigenvalue weighted by atomic mass is 16.6. The van der Waals surface area contributed by atoms with Gasteiger partial charge in [-0.2, -0.15) is 0 Å². The molecule has 4 heterocycles. The molecule has 34 heavy (non-hydrogen) atoms. The molecule has 2 aliphatic rings. The molecule has 0 saturated carbocycles. The molecule has 0 bridgehead atoms. The van der Waals surface area contributed by atoms with Crippen LogP contribution >= 0.6 is 0 Å². The van der Waals surface area contributed by atoms with Gasteiger partial charge in [-0.05, 0) is 61.9 Å².